The monoisotopic (exact) mass is 306 g/mol. The van der Waals surface area contributed by atoms with Crippen LogP contribution in [-0.4, -0.2) is 5.78 Å². The van der Waals surface area contributed by atoms with E-state index >= 15 is 0 Å². The van der Waals surface area contributed by atoms with E-state index in [0.29, 0.717) is 21.2 Å². The Balaban J connectivity index is 2.11. The zero-order valence-electron chi connectivity index (χ0n) is 9.69. The molecule has 0 N–H and O–H groups in total. The van der Waals surface area contributed by atoms with Gasteiger partial charge in [0.15, 0.2) is 5.78 Å². The average molecular weight is 307 g/mol. The van der Waals surface area contributed by atoms with Crippen molar-refractivity contribution in [3.8, 4) is 0 Å². The number of fused-ring (bicyclic) bond motifs is 1. The van der Waals surface area contributed by atoms with Gasteiger partial charge in [-0.2, -0.15) is 0 Å². The van der Waals surface area contributed by atoms with E-state index in [0.717, 1.165) is 10.1 Å². The first-order valence-electron chi connectivity index (χ1n) is 5.63. The number of thiophene rings is 1. The molecule has 1 nitrogen and oxygen atoms in total. The van der Waals surface area contributed by atoms with Crippen molar-refractivity contribution in [2.24, 2.45) is 0 Å². The van der Waals surface area contributed by atoms with Crippen molar-refractivity contribution in [2.45, 2.75) is 0 Å². The van der Waals surface area contributed by atoms with Gasteiger partial charge in [-0.05, 0) is 24.3 Å². The van der Waals surface area contributed by atoms with Crippen molar-refractivity contribution in [3.63, 3.8) is 0 Å². The van der Waals surface area contributed by atoms with Crippen molar-refractivity contribution in [1.82, 2.24) is 0 Å². The Hall–Kier alpha value is -1.35. The molecule has 0 aliphatic heterocycles. The minimum Gasteiger partial charge on any atom is -0.289 e. The number of carbonyl (C=O) groups is 1. The molecule has 0 spiro atoms. The fourth-order valence-corrected chi connectivity index (χ4v) is 3.19. The lowest BCUT2D eigenvalue weighted by Gasteiger charge is -2.02. The average Bonchev–Trinajstić information content (AvgIpc) is 2.85. The van der Waals surface area contributed by atoms with Gasteiger partial charge in [0.05, 0.1) is 10.0 Å². The summed E-state index contributed by atoms with van der Waals surface area (Å²) in [5.74, 6) is -0.0315. The molecule has 19 heavy (non-hydrogen) atoms. The van der Waals surface area contributed by atoms with Crippen LogP contribution in [0.4, 0.5) is 0 Å². The van der Waals surface area contributed by atoms with Crippen molar-refractivity contribution in [1.29, 1.82) is 0 Å². The Labute approximate surface area is 124 Å². The predicted octanol–water partition coefficient (Wildman–Crippen LogP) is 5.44. The van der Waals surface area contributed by atoms with Crippen LogP contribution in [0.15, 0.2) is 47.8 Å². The van der Waals surface area contributed by atoms with Crippen molar-refractivity contribution >= 4 is 50.4 Å². The lowest BCUT2D eigenvalue weighted by Crippen LogP contribution is -2.00. The third-order valence-electron chi connectivity index (χ3n) is 2.91. The molecule has 4 heteroatoms. The summed E-state index contributed by atoms with van der Waals surface area (Å²) in [6, 6.07) is 12.8. The Kier molecular flexibility index (Phi) is 3.31. The highest BCUT2D eigenvalue weighted by molar-refractivity contribution is 7.17. The third kappa shape index (κ3) is 2.27. The molecule has 0 radical (unpaired) electrons. The van der Waals surface area contributed by atoms with Crippen LogP contribution in [0, 0.1) is 0 Å². The molecule has 0 atom stereocenters. The Morgan fingerprint density at radius 2 is 1.79 bits per heavy atom. The van der Waals surface area contributed by atoms with Crippen LogP contribution in [0.25, 0.3) is 10.1 Å². The first-order valence-corrected chi connectivity index (χ1v) is 7.26. The zero-order valence-corrected chi connectivity index (χ0v) is 12.0. The molecule has 2 aromatic carbocycles. The number of carbonyl (C=O) groups excluding carboxylic acids is 1. The maximum Gasteiger partial charge on any atom is 0.194 e. The lowest BCUT2D eigenvalue weighted by atomic mass is 10.0. The third-order valence-corrected chi connectivity index (χ3v) is 4.61. The summed E-state index contributed by atoms with van der Waals surface area (Å²) in [5.41, 5.74) is 1.26. The van der Waals surface area contributed by atoms with Gasteiger partial charge in [-0.3, -0.25) is 4.79 Å². The normalized spacial score (nSPS) is 10.8. The molecular weight excluding hydrogens is 299 g/mol. The van der Waals surface area contributed by atoms with Gasteiger partial charge in [0, 0.05) is 26.6 Å². The maximum absolute atomic E-state index is 12.5. The summed E-state index contributed by atoms with van der Waals surface area (Å²) in [6.07, 6.45) is 0. The summed E-state index contributed by atoms with van der Waals surface area (Å²) in [6.45, 7) is 0. The summed E-state index contributed by atoms with van der Waals surface area (Å²) in [5, 5.41) is 3.71. The van der Waals surface area contributed by atoms with E-state index in [4.69, 9.17) is 23.2 Å². The highest BCUT2D eigenvalue weighted by atomic mass is 35.5. The second-order valence-electron chi connectivity index (χ2n) is 4.10. The van der Waals surface area contributed by atoms with E-state index in [1.165, 1.54) is 0 Å². The molecule has 0 fully saturated rings. The van der Waals surface area contributed by atoms with Crippen LogP contribution in [-0.2, 0) is 0 Å². The van der Waals surface area contributed by atoms with Crippen LogP contribution in [0.2, 0.25) is 10.0 Å². The minimum absolute atomic E-state index is 0.0315. The number of hydrogen-bond donors (Lipinski definition) is 0. The second kappa shape index (κ2) is 4.97. The zero-order chi connectivity index (χ0) is 13.4. The topological polar surface area (TPSA) is 17.1 Å². The number of benzene rings is 2. The molecule has 3 aromatic rings. The fourth-order valence-electron chi connectivity index (χ4n) is 1.95. The first-order chi connectivity index (χ1) is 9.16. The summed E-state index contributed by atoms with van der Waals surface area (Å²) in [4.78, 5) is 12.5. The van der Waals surface area contributed by atoms with Gasteiger partial charge in [-0.15, -0.1) is 11.3 Å². The van der Waals surface area contributed by atoms with Gasteiger partial charge in [0.25, 0.3) is 0 Å². The molecule has 0 aliphatic rings. The molecule has 0 amide bonds. The van der Waals surface area contributed by atoms with Crippen molar-refractivity contribution < 1.29 is 4.79 Å². The van der Waals surface area contributed by atoms with Gasteiger partial charge in [-0.1, -0.05) is 41.4 Å². The fraction of sp³-hybridized carbons (Fsp3) is 0. The number of halogens is 2. The van der Waals surface area contributed by atoms with Crippen LogP contribution in [0.5, 0.6) is 0 Å². The largest absolute Gasteiger partial charge is 0.289 e. The number of hydrogen-bond acceptors (Lipinski definition) is 2. The smallest absolute Gasteiger partial charge is 0.194 e. The SMILES string of the molecule is O=C(c1ccc(Cl)c(Cl)c1)c1csc2ccccc12. The predicted molar refractivity (Wildman–Crippen MR) is 81.7 cm³/mol. The van der Waals surface area contributed by atoms with E-state index in [9.17, 15) is 4.79 Å². The van der Waals surface area contributed by atoms with E-state index < -0.39 is 0 Å². The standard InChI is InChI=1S/C15H8Cl2OS/c16-12-6-5-9(7-13(12)17)15(18)11-8-19-14-4-2-1-3-10(11)14/h1-8H. The molecule has 3 rings (SSSR count). The summed E-state index contributed by atoms with van der Waals surface area (Å²) < 4.78 is 1.10. The van der Waals surface area contributed by atoms with Crippen molar-refractivity contribution in [3.05, 3.63) is 69.0 Å². The summed E-state index contributed by atoms with van der Waals surface area (Å²) >= 11 is 13.4. The van der Waals surface area contributed by atoms with E-state index in [-0.39, 0.29) is 5.78 Å². The molecule has 0 aliphatic carbocycles. The Morgan fingerprint density at radius 1 is 1.00 bits per heavy atom. The van der Waals surface area contributed by atoms with Gasteiger partial charge in [0.1, 0.15) is 0 Å². The molecule has 1 heterocycles. The van der Waals surface area contributed by atoms with Crippen molar-refractivity contribution in [2.75, 3.05) is 0 Å². The maximum atomic E-state index is 12.5. The lowest BCUT2D eigenvalue weighted by molar-refractivity contribution is 0.104. The molecule has 0 bridgehead atoms. The minimum atomic E-state index is -0.0315. The molecule has 0 saturated heterocycles. The number of rotatable bonds is 2. The van der Waals surface area contributed by atoms with Crippen LogP contribution in [0.1, 0.15) is 15.9 Å². The van der Waals surface area contributed by atoms with Gasteiger partial charge >= 0.3 is 0 Å². The van der Waals surface area contributed by atoms with E-state index in [1.54, 1.807) is 29.5 Å². The highest BCUT2D eigenvalue weighted by Gasteiger charge is 2.15. The van der Waals surface area contributed by atoms with Crippen LogP contribution in [0.3, 0.4) is 0 Å². The van der Waals surface area contributed by atoms with Gasteiger partial charge in [0.2, 0.25) is 0 Å². The summed E-state index contributed by atoms with van der Waals surface area (Å²) in [7, 11) is 0. The van der Waals surface area contributed by atoms with Gasteiger partial charge in [-0.25, -0.2) is 0 Å². The second-order valence-corrected chi connectivity index (χ2v) is 5.83. The molecule has 1 aromatic heterocycles. The van der Waals surface area contributed by atoms with E-state index in [1.807, 2.05) is 29.6 Å². The molecule has 94 valence electrons. The highest BCUT2D eigenvalue weighted by Crippen LogP contribution is 2.29. The van der Waals surface area contributed by atoms with Crippen LogP contribution < -0.4 is 0 Å². The Morgan fingerprint density at radius 3 is 2.58 bits per heavy atom. The first kappa shape index (κ1) is 12.7. The number of ketones is 1. The Bertz CT molecular complexity index is 777. The molecular formula is C15H8Cl2OS. The molecule has 0 saturated carbocycles. The molecule has 0 unspecified atom stereocenters. The van der Waals surface area contributed by atoms with Gasteiger partial charge < -0.3 is 0 Å². The van der Waals surface area contributed by atoms with E-state index in [2.05, 4.69) is 0 Å². The van der Waals surface area contributed by atoms with Crippen LogP contribution >= 0.6 is 34.5 Å². The quantitative estimate of drug-likeness (QED) is 0.576.